The molecular weight excluding hydrogens is 276 g/mol. The Labute approximate surface area is 130 Å². The van der Waals surface area contributed by atoms with E-state index in [1.807, 2.05) is 37.1 Å². The first-order valence-electron chi connectivity index (χ1n) is 7.85. The van der Waals surface area contributed by atoms with Gasteiger partial charge in [-0.05, 0) is 44.2 Å². The molecule has 0 unspecified atom stereocenters. The zero-order valence-corrected chi connectivity index (χ0v) is 13.2. The number of amides is 1. The van der Waals surface area contributed by atoms with E-state index < -0.39 is 0 Å². The van der Waals surface area contributed by atoms with Gasteiger partial charge >= 0.3 is 0 Å². The average Bonchev–Trinajstić information content (AvgIpc) is 3.03. The number of carbonyl (C=O) groups is 1. The molecular formula is C17H22N4O. The minimum Gasteiger partial charge on any atom is -0.349 e. The van der Waals surface area contributed by atoms with Crippen molar-refractivity contribution in [3.63, 3.8) is 0 Å². The summed E-state index contributed by atoms with van der Waals surface area (Å²) in [5, 5.41) is 0. The summed E-state index contributed by atoms with van der Waals surface area (Å²) in [6.45, 7) is 5.57. The zero-order valence-electron chi connectivity index (χ0n) is 13.2. The maximum Gasteiger partial charge on any atom is 0.272 e. The molecule has 1 N–H and O–H groups in total. The van der Waals surface area contributed by atoms with Crippen LogP contribution in [0.3, 0.4) is 0 Å². The van der Waals surface area contributed by atoms with Crippen molar-refractivity contribution < 1.29 is 4.79 Å². The minimum atomic E-state index is 0.0551. The Morgan fingerprint density at radius 2 is 2.09 bits per heavy atom. The fourth-order valence-electron chi connectivity index (χ4n) is 2.93. The van der Waals surface area contributed by atoms with Crippen LogP contribution >= 0.6 is 0 Å². The first-order valence-corrected chi connectivity index (χ1v) is 7.85. The number of likely N-dealkylation sites (tertiary alicyclic amines) is 1. The van der Waals surface area contributed by atoms with Gasteiger partial charge in [0.1, 0.15) is 11.5 Å². The van der Waals surface area contributed by atoms with Crippen LogP contribution in [0.25, 0.3) is 0 Å². The van der Waals surface area contributed by atoms with Gasteiger partial charge < -0.3 is 9.88 Å². The number of carbonyl (C=O) groups excluding carboxylic acids is 1. The number of hydrogen-bond donors (Lipinski definition) is 1. The van der Waals surface area contributed by atoms with Crippen molar-refractivity contribution in [1.82, 2.24) is 19.9 Å². The summed E-state index contributed by atoms with van der Waals surface area (Å²) >= 11 is 0. The monoisotopic (exact) mass is 298 g/mol. The molecule has 0 bridgehead atoms. The van der Waals surface area contributed by atoms with Gasteiger partial charge in [0.15, 0.2) is 0 Å². The predicted octanol–water partition coefficient (Wildman–Crippen LogP) is 2.52. The molecule has 1 saturated heterocycles. The molecule has 1 aliphatic rings. The molecule has 0 aliphatic carbocycles. The molecule has 0 saturated carbocycles. The zero-order chi connectivity index (χ0) is 15.5. The van der Waals surface area contributed by atoms with Crippen LogP contribution < -0.4 is 0 Å². The molecule has 3 heterocycles. The molecule has 0 aromatic carbocycles. The van der Waals surface area contributed by atoms with Gasteiger partial charge in [0.05, 0.1) is 0 Å². The number of aryl methyl sites for hydroxylation is 2. The summed E-state index contributed by atoms with van der Waals surface area (Å²) in [7, 11) is 0. The van der Waals surface area contributed by atoms with Crippen LogP contribution in [0.4, 0.5) is 0 Å². The van der Waals surface area contributed by atoms with Crippen LogP contribution in [-0.4, -0.2) is 38.8 Å². The second-order valence-corrected chi connectivity index (χ2v) is 6.07. The smallest absolute Gasteiger partial charge is 0.272 e. The maximum absolute atomic E-state index is 12.5. The van der Waals surface area contributed by atoms with E-state index in [0.29, 0.717) is 11.6 Å². The summed E-state index contributed by atoms with van der Waals surface area (Å²) < 4.78 is 0. The average molecular weight is 298 g/mol. The van der Waals surface area contributed by atoms with Gasteiger partial charge in [0.25, 0.3) is 5.91 Å². The van der Waals surface area contributed by atoms with Crippen molar-refractivity contribution in [3.05, 3.63) is 47.3 Å². The van der Waals surface area contributed by atoms with Gasteiger partial charge in [-0.3, -0.25) is 4.79 Å². The lowest BCUT2D eigenvalue weighted by atomic mass is 9.93. The third-order valence-corrected chi connectivity index (χ3v) is 4.51. The molecule has 2 aromatic heterocycles. The lowest BCUT2D eigenvalue weighted by Gasteiger charge is -2.31. The van der Waals surface area contributed by atoms with Crippen molar-refractivity contribution in [2.24, 2.45) is 5.92 Å². The number of rotatable bonds is 3. The van der Waals surface area contributed by atoms with E-state index in [2.05, 4.69) is 15.0 Å². The van der Waals surface area contributed by atoms with Crippen LogP contribution in [0.5, 0.6) is 0 Å². The van der Waals surface area contributed by atoms with E-state index in [4.69, 9.17) is 0 Å². The largest absolute Gasteiger partial charge is 0.349 e. The number of pyridine rings is 1. The predicted molar refractivity (Wildman–Crippen MR) is 84.6 cm³/mol. The Balaban J connectivity index is 1.58. The summed E-state index contributed by atoms with van der Waals surface area (Å²) in [6, 6.07) is 3.80. The summed E-state index contributed by atoms with van der Waals surface area (Å²) in [5.41, 5.74) is 2.61. The van der Waals surface area contributed by atoms with Gasteiger partial charge in [-0.15, -0.1) is 0 Å². The molecule has 3 rings (SSSR count). The van der Waals surface area contributed by atoms with Crippen LogP contribution in [-0.2, 0) is 6.42 Å². The molecule has 0 radical (unpaired) electrons. The standard InChI is InChI=1S/C17H22N4O/c1-12-3-4-15(20-13(12)2)17(22)21-9-5-14(6-10-21)11-16-18-7-8-19-16/h3-4,7-8,14H,5-6,9-11H2,1-2H3,(H,18,19). The molecule has 1 aliphatic heterocycles. The summed E-state index contributed by atoms with van der Waals surface area (Å²) in [6.07, 6.45) is 6.67. The lowest BCUT2D eigenvalue weighted by molar-refractivity contribution is 0.0683. The van der Waals surface area contributed by atoms with E-state index in [0.717, 1.165) is 49.4 Å². The molecule has 1 fully saturated rings. The van der Waals surface area contributed by atoms with Crippen molar-refractivity contribution in [3.8, 4) is 0 Å². The quantitative estimate of drug-likeness (QED) is 0.947. The Morgan fingerprint density at radius 1 is 1.32 bits per heavy atom. The number of nitrogens with zero attached hydrogens (tertiary/aromatic N) is 3. The van der Waals surface area contributed by atoms with Crippen LogP contribution in [0.2, 0.25) is 0 Å². The number of imidazole rings is 1. The Hall–Kier alpha value is -2.17. The topological polar surface area (TPSA) is 61.9 Å². The van der Waals surface area contributed by atoms with E-state index in [1.54, 1.807) is 6.20 Å². The van der Waals surface area contributed by atoms with E-state index in [1.165, 1.54) is 0 Å². The molecule has 5 nitrogen and oxygen atoms in total. The number of piperidine rings is 1. The molecule has 116 valence electrons. The van der Waals surface area contributed by atoms with Crippen LogP contribution in [0.1, 0.15) is 40.4 Å². The highest BCUT2D eigenvalue weighted by atomic mass is 16.2. The third-order valence-electron chi connectivity index (χ3n) is 4.51. The van der Waals surface area contributed by atoms with Gasteiger partial charge in [-0.25, -0.2) is 9.97 Å². The number of nitrogens with one attached hydrogen (secondary N) is 1. The summed E-state index contributed by atoms with van der Waals surface area (Å²) in [4.78, 5) is 26.3. The highest BCUT2D eigenvalue weighted by Gasteiger charge is 2.25. The SMILES string of the molecule is Cc1ccc(C(=O)N2CCC(Cc3ncc[nH]3)CC2)nc1C. The molecule has 2 aromatic rings. The summed E-state index contributed by atoms with van der Waals surface area (Å²) in [5.74, 6) is 1.70. The third kappa shape index (κ3) is 3.18. The van der Waals surface area contributed by atoms with E-state index in [9.17, 15) is 4.79 Å². The number of hydrogen-bond acceptors (Lipinski definition) is 3. The van der Waals surface area contributed by atoms with Gasteiger partial charge in [0, 0.05) is 37.6 Å². The molecule has 0 spiro atoms. The maximum atomic E-state index is 12.5. The Bertz CT molecular complexity index is 643. The lowest BCUT2D eigenvalue weighted by Crippen LogP contribution is -2.39. The van der Waals surface area contributed by atoms with Crippen molar-refractivity contribution in [2.45, 2.75) is 33.1 Å². The van der Waals surface area contributed by atoms with Gasteiger partial charge in [0.2, 0.25) is 0 Å². The highest BCUT2D eigenvalue weighted by Crippen LogP contribution is 2.21. The highest BCUT2D eigenvalue weighted by molar-refractivity contribution is 5.92. The first-order chi connectivity index (χ1) is 10.6. The van der Waals surface area contributed by atoms with Gasteiger partial charge in [-0.1, -0.05) is 6.07 Å². The normalized spacial score (nSPS) is 16.0. The van der Waals surface area contributed by atoms with Gasteiger partial charge in [-0.2, -0.15) is 0 Å². The second-order valence-electron chi connectivity index (χ2n) is 6.07. The minimum absolute atomic E-state index is 0.0551. The Morgan fingerprint density at radius 3 is 2.73 bits per heavy atom. The first kappa shape index (κ1) is 14.8. The van der Waals surface area contributed by atoms with Crippen LogP contribution in [0.15, 0.2) is 24.5 Å². The second kappa shape index (κ2) is 6.30. The molecule has 5 heteroatoms. The van der Waals surface area contributed by atoms with Crippen LogP contribution in [0, 0.1) is 19.8 Å². The fourth-order valence-corrected chi connectivity index (χ4v) is 2.93. The Kier molecular flexibility index (Phi) is 4.22. The number of aromatic nitrogens is 3. The van der Waals surface area contributed by atoms with Crippen molar-refractivity contribution >= 4 is 5.91 Å². The van der Waals surface area contributed by atoms with E-state index >= 15 is 0 Å². The molecule has 22 heavy (non-hydrogen) atoms. The van der Waals surface area contributed by atoms with E-state index in [-0.39, 0.29) is 5.91 Å². The number of aromatic amines is 1. The van der Waals surface area contributed by atoms with Crippen molar-refractivity contribution in [2.75, 3.05) is 13.1 Å². The molecule has 1 amide bonds. The fraction of sp³-hybridized carbons (Fsp3) is 0.471. The number of H-pyrrole nitrogens is 1. The van der Waals surface area contributed by atoms with Crippen molar-refractivity contribution in [1.29, 1.82) is 0 Å². The molecule has 0 atom stereocenters.